The highest BCUT2D eigenvalue weighted by atomic mass is 35.5. The van der Waals surface area contributed by atoms with Gasteiger partial charge >= 0.3 is 0 Å². The van der Waals surface area contributed by atoms with Gasteiger partial charge in [0, 0.05) is 18.5 Å². The minimum absolute atomic E-state index is 0.200. The molecule has 1 fully saturated rings. The van der Waals surface area contributed by atoms with Crippen LogP contribution in [0.1, 0.15) is 19.4 Å². The summed E-state index contributed by atoms with van der Waals surface area (Å²) in [5.74, 6) is 0.295. The minimum atomic E-state index is -0.254. The number of rotatable bonds is 3. The standard InChI is InChI=1S/C13H17ClFN/c1-9(2)13(7-16-8-13)6-10-4-3-5-11(14)12(10)15/h3-5,9,16H,6-8H2,1-2H3. The lowest BCUT2D eigenvalue weighted by molar-refractivity contribution is 0.0983. The molecule has 3 heteroatoms. The van der Waals surface area contributed by atoms with E-state index in [9.17, 15) is 4.39 Å². The highest BCUT2D eigenvalue weighted by Gasteiger charge is 2.40. The first-order valence-corrected chi connectivity index (χ1v) is 6.06. The van der Waals surface area contributed by atoms with E-state index in [0.717, 1.165) is 25.1 Å². The summed E-state index contributed by atoms with van der Waals surface area (Å²) in [5.41, 5.74) is 0.939. The van der Waals surface area contributed by atoms with E-state index in [4.69, 9.17) is 11.6 Å². The van der Waals surface area contributed by atoms with Crippen LogP contribution in [0.2, 0.25) is 5.02 Å². The van der Waals surface area contributed by atoms with Crippen LogP contribution < -0.4 is 5.32 Å². The Labute approximate surface area is 101 Å². The molecule has 1 aromatic carbocycles. The lowest BCUT2D eigenvalue weighted by atomic mass is 9.68. The Morgan fingerprint density at radius 1 is 1.44 bits per heavy atom. The Bertz CT molecular complexity index is 386. The number of nitrogens with one attached hydrogen (secondary N) is 1. The second kappa shape index (κ2) is 4.34. The van der Waals surface area contributed by atoms with Crippen LogP contribution in [0.5, 0.6) is 0 Å². The van der Waals surface area contributed by atoms with Crippen molar-refractivity contribution in [3.8, 4) is 0 Å². The van der Waals surface area contributed by atoms with Gasteiger partial charge in [0.25, 0.3) is 0 Å². The lowest BCUT2D eigenvalue weighted by Crippen LogP contribution is -2.57. The van der Waals surface area contributed by atoms with E-state index in [2.05, 4.69) is 19.2 Å². The number of hydrogen-bond acceptors (Lipinski definition) is 1. The molecule has 0 aliphatic carbocycles. The van der Waals surface area contributed by atoms with E-state index >= 15 is 0 Å². The average molecular weight is 242 g/mol. The quantitative estimate of drug-likeness (QED) is 0.857. The minimum Gasteiger partial charge on any atom is -0.315 e. The molecule has 0 aromatic heterocycles. The molecule has 0 amide bonds. The van der Waals surface area contributed by atoms with Crippen LogP contribution in [0.4, 0.5) is 4.39 Å². The first-order valence-electron chi connectivity index (χ1n) is 5.69. The van der Waals surface area contributed by atoms with Crippen LogP contribution in [0.15, 0.2) is 18.2 Å². The fraction of sp³-hybridized carbons (Fsp3) is 0.538. The lowest BCUT2D eigenvalue weighted by Gasteiger charge is -2.46. The largest absolute Gasteiger partial charge is 0.315 e. The van der Waals surface area contributed by atoms with Crippen molar-refractivity contribution in [1.82, 2.24) is 5.32 Å². The summed E-state index contributed by atoms with van der Waals surface area (Å²) in [4.78, 5) is 0. The monoisotopic (exact) mass is 241 g/mol. The highest BCUT2D eigenvalue weighted by molar-refractivity contribution is 6.30. The molecule has 0 bridgehead atoms. The third-order valence-electron chi connectivity index (χ3n) is 3.75. The third kappa shape index (κ3) is 1.96. The molecule has 0 unspecified atom stereocenters. The van der Waals surface area contributed by atoms with Crippen molar-refractivity contribution < 1.29 is 4.39 Å². The summed E-state index contributed by atoms with van der Waals surface area (Å²) in [7, 11) is 0. The van der Waals surface area contributed by atoms with E-state index in [1.54, 1.807) is 6.07 Å². The van der Waals surface area contributed by atoms with Gasteiger partial charge in [0.05, 0.1) is 5.02 Å². The van der Waals surface area contributed by atoms with E-state index in [-0.39, 0.29) is 16.3 Å². The van der Waals surface area contributed by atoms with E-state index in [1.165, 1.54) is 0 Å². The summed E-state index contributed by atoms with van der Waals surface area (Å²) in [6, 6.07) is 5.26. The third-order valence-corrected chi connectivity index (χ3v) is 4.04. The maximum absolute atomic E-state index is 13.8. The fourth-order valence-electron chi connectivity index (χ4n) is 2.25. The molecule has 1 aromatic rings. The number of halogens is 2. The predicted molar refractivity (Wildman–Crippen MR) is 65.3 cm³/mol. The van der Waals surface area contributed by atoms with Crippen molar-refractivity contribution in [2.45, 2.75) is 20.3 Å². The van der Waals surface area contributed by atoms with Gasteiger partial charge in [0.2, 0.25) is 0 Å². The predicted octanol–water partition coefficient (Wildman–Crippen LogP) is 3.27. The summed E-state index contributed by atoms with van der Waals surface area (Å²) >= 11 is 5.79. The SMILES string of the molecule is CC(C)C1(Cc2cccc(Cl)c2F)CNC1. The van der Waals surface area contributed by atoms with Crippen LogP contribution in [0, 0.1) is 17.2 Å². The van der Waals surface area contributed by atoms with Crippen molar-refractivity contribution in [2.24, 2.45) is 11.3 Å². The molecule has 88 valence electrons. The van der Waals surface area contributed by atoms with E-state index in [0.29, 0.717) is 5.92 Å². The van der Waals surface area contributed by atoms with Gasteiger partial charge in [-0.3, -0.25) is 0 Å². The Kier molecular flexibility index (Phi) is 3.22. The molecule has 0 atom stereocenters. The first kappa shape index (κ1) is 11.9. The summed E-state index contributed by atoms with van der Waals surface area (Å²) in [5, 5.41) is 3.51. The molecule has 1 heterocycles. The normalized spacial score (nSPS) is 18.6. The Balaban J connectivity index is 2.23. The Morgan fingerprint density at radius 3 is 2.62 bits per heavy atom. The topological polar surface area (TPSA) is 12.0 Å². The molecule has 1 nitrogen and oxygen atoms in total. The van der Waals surface area contributed by atoms with Crippen LogP contribution in [0.25, 0.3) is 0 Å². The molecule has 1 N–H and O–H groups in total. The molecule has 0 radical (unpaired) electrons. The zero-order valence-electron chi connectivity index (χ0n) is 9.69. The fourth-order valence-corrected chi connectivity index (χ4v) is 2.44. The van der Waals surface area contributed by atoms with Crippen LogP contribution in [-0.4, -0.2) is 13.1 Å². The van der Waals surface area contributed by atoms with Crippen molar-refractivity contribution in [2.75, 3.05) is 13.1 Å². The van der Waals surface area contributed by atoms with Gasteiger partial charge in [0.15, 0.2) is 0 Å². The molecule has 1 aliphatic rings. The summed E-state index contributed by atoms with van der Waals surface area (Å²) in [6.07, 6.45) is 0.768. The second-order valence-electron chi connectivity index (χ2n) is 5.01. The average Bonchev–Trinajstić information content (AvgIpc) is 2.17. The molecule has 0 spiro atoms. The van der Waals surface area contributed by atoms with Crippen molar-refractivity contribution in [3.63, 3.8) is 0 Å². The van der Waals surface area contributed by atoms with Gasteiger partial charge in [-0.05, 0) is 24.0 Å². The number of hydrogen-bond donors (Lipinski definition) is 1. The van der Waals surface area contributed by atoms with E-state index in [1.807, 2.05) is 12.1 Å². The zero-order valence-corrected chi connectivity index (χ0v) is 10.4. The molecular weight excluding hydrogens is 225 g/mol. The Morgan fingerprint density at radius 2 is 2.12 bits per heavy atom. The zero-order chi connectivity index (χ0) is 11.8. The molecule has 1 aliphatic heterocycles. The second-order valence-corrected chi connectivity index (χ2v) is 5.42. The van der Waals surface area contributed by atoms with Crippen molar-refractivity contribution in [3.05, 3.63) is 34.6 Å². The van der Waals surface area contributed by atoms with Gasteiger partial charge in [-0.2, -0.15) is 0 Å². The van der Waals surface area contributed by atoms with Gasteiger partial charge in [-0.15, -0.1) is 0 Å². The van der Waals surface area contributed by atoms with Crippen molar-refractivity contribution >= 4 is 11.6 Å². The maximum atomic E-state index is 13.8. The highest BCUT2D eigenvalue weighted by Crippen LogP contribution is 2.36. The summed E-state index contributed by atoms with van der Waals surface area (Å²) < 4.78 is 13.8. The van der Waals surface area contributed by atoms with Crippen LogP contribution in [-0.2, 0) is 6.42 Å². The summed E-state index contributed by atoms with van der Waals surface area (Å²) in [6.45, 7) is 6.33. The maximum Gasteiger partial charge on any atom is 0.144 e. The van der Waals surface area contributed by atoms with E-state index < -0.39 is 0 Å². The smallest absolute Gasteiger partial charge is 0.144 e. The van der Waals surface area contributed by atoms with Gasteiger partial charge in [0.1, 0.15) is 5.82 Å². The molecule has 16 heavy (non-hydrogen) atoms. The van der Waals surface area contributed by atoms with Gasteiger partial charge in [-0.1, -0.05) is 37.6 Å². The molecular formula is C13H17ClFN. The van der Waals surface area contributed by atoms with Crippen molar-refractivity contribution in [1.29, 1.82) is 0 Å². The van der Waals surface area contributed by atoms with Crippen LogP contribution in [0.3, 0.4) is 0 Å². The molecule has 1 saturated heterocycles. The molecule has 0 saturated carbocycles. The number of benzene rings is 1. The Hall–Kier alpha value is -0.600. The van der Waals surface area contributed by atoms with Gasteiger partial charge < -0.3 is 5.32 Å². The van der Waals surface area contributed by atoms with Gasteiger partial charge in [-0.25, -0.2) is 4.39 Å². The first-order chi connectivity index (χ1) is 7.55. The molecule has 2 rings (SSSR count). The van der Waals surface area contributed by atoms with Crippen LogP contribution >= 0.6 is 11.6 Å².